The zero-order valence-corrected chi connectivity index (χ0v) is 10.3. The number of nitrogens with one attached hydrogen (secondary N) is 1. The molecule has 1 aliphatic carbocycles. The Morgan fingerprint density at radius 1 is 1.62 bits per heavy atom. The minimum Gasteiger partial charge on any atom is -0.349 e. The van der Waals surface area contributed by atoms with E-state index in [4.69, 9.17) is 0 Å². The van der Waals surface area contributed by atoms with Gasteiger partial charge in [0.25, 0.3) is 0 Å². The second kappa shape index (κ2) is 5.69. The van der Waals surface area contributed by atoms with Crippen LogP contribution in [-0.2, 0) is 4.79 Å². The number of hydrogen-bond donors (Lipinski definition) is 1. The Labute approximate surface area is 97.5 Å². The zero-order chi connectivity index (χ0) is 12.1. The lowest BCUT2D eigenvalue weighted by Crippen LogP contribution is -2.42. The summed E-state index contributed by atoms with van der Waals surface area (Å²) in [7, 11) is 0. The first kappa shape index (κ1) is 12.8. The smallest absolute Gasteiger partial charge is 0.217 e. The van der Waals surface area contributed by atoms with Crippen molar-refractivity contribution in [3.8, 4) is 6.07 Å². The Morgan fingerprint density at radius 3 is 2.75 bits per heavy atom. The van der Waals surface area contributed by atoms with Crippen molar-refractivity contribution in [3.05, 3.63) is 11.6 Å². The first-order valence-electron chi connectivity index (χ1n) is 5.99. The maximum Gasteiger partial charge on any atom is 0.217 e. The zero-order valence-electron chi connectivity index (χ0n) is 10.3. The van der Waals surface area contributed by atoms with E-state index in [1.165, 1.54) is 12.5 Å². The van der Waals surface area contributed by atoms with E-state index < -0.39 is 0 Å². The summed E-state index contributed by atoms with van der Waals surface area (Å²) >= 11 is 0. The Bertz CT molecular complexity index is 327. The van der Waals surface area contributed by atoms with Crippen LogP contribution >= 0.6 is 0 Å². The molecule has 0 saturated carbocycles. The van der Waals surface area contributed by atoms with Crippen LogP contribution < -0.4 is 5.32 Å². The fourth-order valence-corrected chi connectivity index (χ4v) is 2.36. The number of nitrogens with zero attached hydrogens (tertiary/aromatic N) is 1. The van der Waals surface area contributed by atoms with Crippen LogP contribution in [-0.4, -0.2) is 11.9 Å². The molecule has 0 radical (unpaired) electrons. The summed E-state index contributed by atoms with van der Waals surface area (Å²) in [6, 6.07) is 2.26. The highest BCUT2D eigenvalue weighted by atomic mass is 16.1. The standard InChI is InChI=1S/C13H20N2O/c1-4-10-6-11(5-2)13(15-9(3)16)12(7-10)8-14/h6,10,12-13H,4-5,7H2,1-3H3,(H,15,16)/t10-,12+,13+/m0/s1. The number of carbonyl (C=O) groups excluding carboxylic acids is 1. The van der Waals surface area contributed by atoms with Crippen molar-refractivity contribution in [2.75, 3.05) is 0 Å². The first-order chi connectivity index (χ1) is 7.62. The van der Waals surface area contributed by atoms with Crippen molar-refractivity contribution in [2.24, 2.45) is 11.8 Å². The van der Waals surface area contributed by atoms with E-state index >= 15 is 0 Å². The van der Waals surface area contributed by atoms with Gasteiger partial charge in [0.2, 0.25) is 5.91 Å². The molecule has 0 saturated heterocycles. The third kappa shape index (κ3) is 2.85. The van der Waals surface area contributed by atoms with Gasteiger partial charge in [-0.05, 0) is 25.2 Å². The van der Waals surface area contributed by atoms with Crippen LogP contribution in [0.15, 0.2) is 11.6 Å². The van der Waals surface area contributed by atoms with Crippen LogP contribution in [0.5, 0.6) is 0 Å². The van der Waals surface area contributed by atoms with Crippen molar-refractivity contribution in [2.45, 2.75) is 46.1 Å². The number of rotatable bonds is 3. The highest BCUT2D eigenvalue weighted by molar-refractivity contribution is 5.73. The van der Waals surface area contributed by atoms with Crippen LogP contribution in [0.1, 0.15) is 40.0 Å². The molecule has 0 heterocycles. The molecule has 1 N–H and O–H groups in total. The Hall–Kier alpha value is -1.30. The monoisotopic (exact) mass is 220 g/mol. The molecule has 3 nitrogen and oxygen atoms in total. The van der Waals surface area contributed by atoms with E-state index in [1.54, 1.807) is 0 Å². The van der Waals surface area contributed by atoms with Gasteiger partial charge in [-0.3, -0.25) is 4.79 Å². The topological polar surface area (TPSA) is 52.9 Å². The Kier molecular flexibility index (Phi) is 4.54. The molecule has 0 aromatic carbocycles. The summed E-state index contributed by atoms with van der Waals surface area (Å²) in [6.07, 6.45) is 5.07. The molecule has 0 bridgehead atoms. The molecular formula is C13H20N2O. The number of nitriles is 1. The summed E-state index contributed by atoms with van der Waals surface area (Å²) in [5, 5.41) is 12.1. The third-order valence-electron chi connectivity index (χ3n) is 3.27. The van der Waals surface area contributed by atoms with Gasteiger partial charge < -0.3 is 5.32 Å². The second-order valence-corrected chi connectivity index (χ2v) is 4.41. The van der Waals surface area contributed by atoms with Crippen molar-refractivity contribution >= 4 is 5.91 Å². The highest BCUT2D eigenvalue weighted by Gasteiger charge is 2.31. The normalized spacial score (nSPS) is 29.1. The molecule has 1 aliphatic rings. The Morgan fingerprint density at radius 2 is 2.31 bits per heavy atom. The SMILES string of the molecule is CCC1=C[C@H](CC)C[C@H](C#N)[C@@H]1NC(C)=O. The quantitative estimate of drug-likeness (QED) is 0.742. The molecule has 0 spiro atoms. The van der Waals surface area contributed by atoms with Crippen LogP contribution in [0.25, 0.3) is 0 Å². The number of hydrogen-bond acceptors (Lipinski definition) is 2. The largest absolute Gasteiger partial charge is 0.349 e. The van der Waals surface area contributed by atoms with Gasteiger partial charge in [-0.15, -0.1) is 0 Å². The molecule has 3 atom stereocenters. The highest BCUT2D eigenvalue weighted by Crippen LogP contribution is 2.31. The summed E-state index contributed by atoms with van der Waals surface area (Å²) in [6.45, 7) is 5.72. The van der Waals surface area contributed by atoms with Gasteiger partial charge in [0.15, 0.2) is 0 Å². The molecule has 0 aliphatic heterocycles. The predicted octanol–water partition coefficient (Wildman–Crippen LogP) is 2.40. The maximum atomic E-state index is 11.1. The van der Waals surface area contributed by atoms with Crippen LogP contribution in [0.3, 0.4) is 0 Å². The Balaban J connectivity index is 2.92. The van der Waals surface area contributed by atoms with Gasteiger partial charge in [-0.1, -0.05) is 25.5 Å². The summed E-state index contributed by atoms with van der Waals surface area (Å²) in [4.78, 5) is 11.1. The minimum atomic E-state index is -0.0752. The van der Waals surface area contributed by atoms with Gasteiger partial charge in [0.05, 0.1) is 18.0 Å². The average molecular weight is 220 g/mol. The van der Waals surface area contributed by atoms with Gasteiger partial charge in [-0.2, -0.15) is 5.26 Å². The fraction of sp³-hybridized carbons (Fsp3) is 0.692. The lowest BCUT2D eigenvalue weighted by Gasteiger charge is -2.32. The van der Waals surface area contributed by atoms with Crippen molar-refractivity contribution in [3.63, 3.8) is 0 Å². The fourth-order valence-electron chi connectivity index (χ4n) is 2.36. The lowest BCUT2D eigenvalue weighted by molar-refractivity contribution is -0.119. The maximum absolute atomic E-state index is 11.1. The molecule has 3 heteroatoms. The van der Waals surface area contributed by atoms with E-state index in [-0.39, 0.29) is 17.9 Å². The van der Waals surface area contributed by atoms with Gasteiger partial charge >= 0.3 is 0 Å². The van der Waals surface area contributed by atoms with Crippen LogP contribution in [0.2, 0.25) is 0 Å². The summed E-state index contributed by atoms with van der Waals surface area (Å²) < 4.78 is 0. The van der Waals surface area contributed by atoms with Crippen LogP contribution in [0, 0.1) is 23.2 Å². The summed E-state index contributed by atoms with van der Waals surface area (Å²) in [5.74, 6) is 0.359. The molecular weight excluding hydrogens is 200 g/mol. The van der Waals surface area contributed by atoms with E-state index in [0.717, 1.165) is 19.3 Å². The second-order valence-electron chi connectivity index (χ2n) is 4.41. The van der Waals surface area contributed by atoms with Gasteiger partial charge in [0, 0.05) is 6.92 Å². The summed E-state index contributed by atoms with van der Waals surface area (Å²) in [5.41, 5.74) is 1.21. The minimum absolute atomic E-state index is 0.0560. The van der Waals surface area contributed by atoms with Crippen molar-refractivity contribution < 1.29 is 4.79 Å². The number of amides is 1. The molecule has 88 valence electrons. The van der Waals surface area contributed by atoms with E-state index in [2.05, 4.69) is 31.3 Å². The van der Waals surface area contributed by atoms with E-state index in [9.17, 15) is 10.1 Å². The number of allylic oxidation sites excluding steroid dienone is 1. The van der Waals surface area contributed by atoms with Crippen LogP contribution in [0.4, 0.5) is 0 Å². The first-order valence-corrected chi connectivity index (χ1v) is 5.99. The lowest BCUT2D eigenvalue weighted by atomic mass is 9.77. The van der Waals surface area contributed by atoms with Gasteiger partial charge in [0.1, 0.15) is 0 Å². The van der Waals surface area contributed by atoms with E-state index in [1.807, 2.05) is 0 Å². The molecule has 1 rings (SSSR count). The molecule has 0 fully saturated rings. The predicted molar refractivity (Wildman–Crippen MR) is 63.5 cm³/mol. The van der Waals surface area contributed by atoms with E-state index in [0.29, 0.717) is 5.92 Å². The third-order valence-corrected chi connectivity index (χ3v) is 3.27. The molecule has 1 amide bonds. The van der Waals surface area contributed by atoms with Gasteiger partial charge in [-0.25, -0.2) is 0 Å². The molecule has 16 heavy (non-hydrogen) atoms. The molecule has 0 aromatic heterocycles. The van der Waals surface area contributed by atoms with Crippen molar-refractivity contribution in [1.82, 2.24) is 5.32 Å². The molecule has 0 aromatic rings. The number of carbonyl (C=O) groups is 1. The van der Waals surface area contributed by atoms with Crippen molar-refractivity contribution in [1.29, 1.82) is 5.26 Å². The average Bonchev–Trinajstić information content (AvgIpc) is 2.28. The molecule has 0 unspecified atom stereocenters.